The van der Waals surface area contributed by atoms with Gasteiger partial charge in [-0.1, -0.05) is 48.9 Å². The molecule has 2 saturated heterocycles. The van der Waals surface area contributed by atoms with Crippen LogP contribution in [0.3, 0.4) is 0 Å². The topological polar surface area (TPSA) is 47.6 Å². The predicted octanol–water partition coefficient (Wildman–Crippen LogP) is 3.12. The summed E-state index contributed by atoms with van der Waals surface area (Å²) >= 11 is 0. The molecule has 2 aromatic carbocycles. The van der Waals surface area contributed by atoms with E-state index in [0.29, 0.717) is 0 Å². The highest BCUT2D eigenvalue weighted by atomic mass is 16.2. The van der Waals surface area contributed by atoms with Crippen molar-refractivity contribution in [1.82, 2.24) is 15.8 Å². The molecule has 2 N–H and O–H groups in total. The SMILES string of the molecule is CCc1ccc(C2CC(C(=O)N3CCN(c4ccc(C)cc4C)CC3)NN2)cc1. The summed E-state index contributed by atoms with van der Waals surface area (Å²) in [5.41, 5.74) is 13.0. The van der Waals surface area contributed by atoms with Crippen molar-refractivity contribution in [3.8, 4) is 0 Å². The number of rotatable bonds is 4. The van der Waals surface area contributed by atoms with E-state index >= 15 is 0 Å². The highest BCUT2D eigenvalue weighted by Crippen LogP contribution is 2.25. The van der Waals surface area contributed by atoms with Crippen LogP contribution in [0, 0.1) is 13.8 Å². The zero-order valence-electron chi connectivity index (χ0n) is 17.7. The normalized spacial score (nSPS) is 22.2. The highest BCUT2D eigenvalue weighted by Gasteiger charge is 2.34. The van der Waals surface area contributed by atoms with E-state index < -0.39 is 0 Å². The van der Waals surface area contributed by atoms with Crippen molar-refractivity contribution in [3.05, 3.63) is 64.7 Å². The number of carbonyl (C=O) groups excluding carboxylic acids is 1. The summed E-state index contributed by atoms with van der Waals surface area (Å²) in [7, 11) is 0. The van der Waals surface area contributed by atoms with Crippen molar-refractivity contribution in [1.29, 1.82) is 0 Å². The van der Waals surface area contributed by atoms with Crippen LogP contribution >= 0.6 is 0 Å². The summed E-state index contributed by atoms with van der Waals surface area (Å²) in [5, 5.41) is 0. The van der Waals surface area contributed by atoms with Crippen molar-refractivity contribution < 1.29 is 4.79 Å². The van der Waals surface area contributed by atoms with Gasteiger partial charge in [-0.2, -0.15) is 0 Å². The number of hydrazine groups is 1. The summed E-state index contributed by atoms with van der Waals surface area (Å²) in [6.07, 6.45) is 1.84. The number of benzene rings is 2. The third kappa shape index (κ3) is 4.31. The Kier molecular flexibility index (Phi) is 5.88. The average molecular weight is 393 g/mol. The Morgan fingerprint density at radius 3 is 2.38 bits per heavy atom. The smallest absolute Gasteiger partial charge is 0.241 e. The van der Waals surface area contributed by atoms with Gasteiger partial charge in [0.15, 0.2) is 0 Å². The number of hydrogen-bond donors (Lipinski definition) is 2. The van der Waals surface area contributed by atoms with Crippen molar-refractivity contribution in [2.45, 2.75) is 45.7 Å². The minimum Gasteiger partial charge on any atom is -0.368 e. The first-order chi connectivity index (χ1) is 14.0. The van der Waals surface area contributed by atoms with Crippen LogP contribution in [0.25, 0.3) is 0 Å². The molecule has 0 spiro atoms. The van der Waals surface area contributed by atoms with Gasteiger partial charge in [-0.15, -0.1) is 0 Å². The van der Waals surface area contributed by atoms with Crippen molar-refractivity contribution in [2.75, 3.05) is 31.1 Å². The fourth-order valence-corrected chi connectivity index (χ4v) is 4.47. The second-order valence-corrected chi connectivity index (χ2v) is 8.33. The number of nitrogens with zero attached hydrogens (tertiary/aromatic N) is 2. The summed E-state index contributed by atoms with van der Waals surface area (Å²) in [6.45, 7) is 9.79. The molecular formula is C24H32N4O. The molecule has 0 aromatic heterocycles. The molecule has 29 heavy (non-hydrogen) atoms. The van der Waals surface area contributed by atoms with Gasteiger partial charge < -0.3 is 9.80 Å². The molecule has 2 aromatic rings. The molecule has 2 aliphatic heterocycles. The fourth-order valence-electron chi connectivity index (χ4n) is 4.47. The first kappa shape index (κ1) is 19.9. The predicted molar refractivity (Wildman–Crippen MR) is 118 cm³/mol. The van der Waals surface area contributed by atoms with Crippen LogP contribution < -0.4 is 15.8 Å². The largest absolute Gasteiger partial charge is 0.368 e. The van der Waals surface area contributed by atoms with Gasteiger partial charge in [0.05, 0.1) is 0 Å². The van der Waals surface area contributed by atoms with Crippen molar-refractivity contribution in [2.24, 2.45) is 0 Å². The molecule has 0 bridgehead atoms. The van der Waals surface area contributed by atoms with Gasteiger partial charge in [0.2, 0.25) is 5.91 Å². The molecule has 2 atom stereocenters. The van der Waals surface area contributed by atoms with Gasteiger partial charge in [-0.3, -0.25) is 4.79 Å². The Bertz CT molecular complexity index is 856. The monoisotopic (exact) mass is 392 g/mol. The Labute approximate surface area is 174 Å². The zero-order valence-corrected chi connectivity index (χ0v) is 17.7. The van der Waals surface area contributed by atoms with Crippen LogP contribution in [0.15, 0.2) is 42.5 Å². The first-order valence-corrected chi connectivity index (χ1v) is 10.8. The first-order valence-electron chi connectivity index (χ1n) is 10.8. The lowest BCUT2D eigenvalue weighted by Crippen LogP contribution is -2.53. The molecule has 4 rings (SSSR count). The van der Waals surface area contributed by atoms with E-state index in [1.165, 1.54) is 27.9 Å². The van der Waals surface area contributed by atoms with Gasteiger partial charge in [-0.05, 0) is 49.4 Å². The van der Waals surface area contributed by atoms with Crippen LogP contribution in [0.5, 0.6) is 0 Å². The van der Waals surface area contributed by atoms with Gasteiger partial charge in [0.1, 0.15) is 6.04 Å². The van der Waals surface area contributed by atoms with E-state index in [-0.39, 0.29) is 18.0 Å². The fraction of sp³-hybridized carbons (Fsp3) is 0.458. The van der Waals surface area contributed by atoms with Crippen LogP contribution in [-0.4, -0.2) is 43.0 Å². The van der Waals surface area contributed by atoms with Crippen molar-refractivity contribution >= 4 is 11.6 Å². The number of aryl methyl sites for hydroxylation is 3. The number of anilines is 1. The van der Waals surface area contributed by atoms with E-state index in [4.69, 9.17) is 0 Å². The second kappa shape index (κ2) is 8.56. The van der Waals surface area contributed by atoms with E-state index in [0.717, 1.165) is 39.0 Å². The molecule has 2 fully saturated rings. The molecule has 0 radical (unpaired) electrons. The van der Waals surface area contributed by atoms with Gasteiger partial charge in [-0.25, -0.2) is 10.9 Å². The molecule has 5 nitrogen and oxygen atoms in total. The summed E-state index contributed by atoms with van der Waals surface area (Å²) in [6, 6.07) is 15.3. The lowest BCUT2D eigenvalue weighted by molar-refractivity contribution is -0.133. The summed E-state index contributed by atoms with van der Waals surface area (Å²) in [5.74, 6) is 0.213. The molecule has 2 heterocycles. The molecule has 154 valence electrons. The van der Waals surface area contributed by atoms with Crippen molar-refractivity contribution in [3.63, 3.8) is 0 Å². The van der Waals surface area contributed by atoms with Crippen LogP contribution in [0.4, 0.5) is 5.69 Å². The van der Waals surface area contributed by atoms with Crippen LogP contribution in [0.1, 0.15) is 41.6 Å². The molecule has 0 aliphatic carbocycles. The molecule has 0 saturated carbocycles. The van der Waals surface area contributed by atoms with Crippen LogP contribution in [-0.2, 0) is 11.2 Å². The summed E-state index contributed by atoms with van der Waals surface area (Å²) in [4.78, 5) is 17.5. The minimum absolute atomic E-state index is 0.154. The van der Waals surface area contributed by atoms with E-state index in [9.17, 15) is 4.79 Å². The second-order valence-electron chi connectivity index (χ2n) is 8.33. The Morgan fingerprint density at radius 2 is 1.72 bits per heavy atom. The quantitative estimate of drug-likeness (QED) is 0.839. The lowest BCUT2D eigenvalue weighted by atomic mass is 9.99. The number of piperazine rings is 1. The number of nitrogens with one attached hydrogen (secondary N) is 2. The van der Waals surface area contributed by atoms with E-state index in [1.54, 1.807) is 0 Å². The average Bonchev–Trinajstić information content (AvgIpc) is 3.24. The maximum Gasteiger partial charge on any atom is 0.241 e. The number of hydrogen-bond acceptors (Lipinski definition) is 4. The number of carbonyl (C=O) groups is 1. The molecular weight excluding hydrogens is 360 g/mol. The highest BCUT2D eigenvalue weighted by molar-refractivity contribution is 5.82. The van der Waals surface area contributed by atoms with E-state index in [1.807, 2.05) is 4.90 Å². The third-order valence-electron chi connectivity index (χ3n) is 6.28. The minimum atomic E-state index is -0.154. The molecule has 2 unspecified atom stereocenters. The van der Waals surface area contributed by atoms with Gasteiger partial charge in [0.25, 0.3) is 0 Å². The summed E-state index contributed by atoms with van der Waals surface area (Å²) < 4.78 is 0. The Hall–Kier alpha value is -2.37. The Morgan fingerprint density at radius 1 is 1.00 bits per heavy atom. The lowest BCUT2D eigenvalue weighted by Gasteiger charge is -2.37. The Balaban J connectivity index is 1.32. The molecule has 1 amide bonds. The maximum atomic E-state index is 13.0. The maximum absolute atomic E-state index is 13.0. The van der Waals surface area contributed by atoms with Crippen LogP contribution in [0.2, 0.25) is 0 Å². The third-order valence-corrected chi connectivity index (χ3v) is 6.28. The standard InChI is InChI=1S/C24H32N4O/c1-4-19-6-8-20(9-7-19)21-16-22(26-25-21)24(29)28-13-11-27(12-14-28)23-10-5-17(2)15-18(23)3/h5-10,15,21-22,25-26H,4,11-14,16H2,1-3H3. The van der Waals surface area contributed by atoms with E-state index in [2.05, 4.69) is 79.0 Å². The number of amides is 1. The van der Waals surface area contributed by atoms with Gasteiger partial charge in [0, 0.05) is 37.9 Å². The van der Waals surface area contributed by atoms with Gasteiger partial charge >= 0.3 is 0 Å². The molecule has 5 heteroatoms. The molecule has 2 aliphatic rings. The zero-order chi connectivity index (χ0) is 20.4.